The van der Waals surface area contributed by atoms with Gasteiger partial charge in [-0.1, -0.05) is 17.7 Å². The average molecular weight is 302 g/mol. The molecule has 0 radical (unpaired) electrons. The molecule has 0 spiro atoms. The van der Waals surface area contributed by atoms with Gasteiger partial charge in [-0.25, -0.2) is 0 Å². The number of hydrogen-bond acceptors (Lipinski definition) is 3. The van der Waals surface area contributed by atoms with E-state index in [4.69, 9.17) is 0 Å². The van der Waals surface area contributed by atoms with E-state index in [2.05, 4.69) is 5.32 Å². The van der Waals surface area contributed by atoms with Crippen LogP contribution in [0.15, 0.2) is 18.2 Å². The van der Waals surface area contributed by atoms with E-state index in [9.17, 15) is 9.59 Å². The Balaban J connectivity index is 1.86. The lowest BCUT2D eigenvalue weighted by atomic mass is 9.98. The molecule has 0 aromatic heterocycles. The van der Waals surface area contributed by atoms with Gasteiger partial charge in [0.1, 0.15) is 0 Å². The Bertz CT molecular complexity index is 546. The quantitative estimate of drug-likeness (QED) is 0.850. The van der Waals surface area contributed by atoms with Crippen LogP contribution < -0.4 is 5.32 Å². The predicted molar refractivity (Wildman–Crippen MR) is 88.1 cm³/mol. The number of benzene rings is 1. The van der Waals surface area contributed by atoms with Gasteiger partial charge in [-0.05, 0) is 45.4 Å². The van der Waals surface area contributed by atoms with Gasteiger partial charge in [0.05, 0.1) is 0 Å². The normalized spacial score (nSPS) is 15.9. The van der Waals surface area contributed by atoms with Crippen LogP contribution in [0.25, 0.3) is 0 Å². The van der Waals surface area contributed by atoms with E-state index in [-0.39, 0.29) is 11.7 Å². The van der Waals surface area contributed by atoms with E-state index in [1.807, 2.05) is 44.0 Å². The molecule has 0 saturated carbocycles. The molecule has 4 nitrogen and oxygen atoms in total. The molecule has 1 aromatic rings. The number of nitrogens with one attached hydrogen (secondary N) is 1. The number of nitrogens with zero attached hydrogens (tertiary/aromatic N) is 1. The molecule has 1 N–H and O–H groups in total. The fourth-order valence-corrected chi connectivity index (χ4v) is 2.97. The summed E-state index contributed by atoms with van der Waals surface area (Å²) >= 11 is 0. The van der Waals surface area contributed by atoms with Crippen LogP contribution in [-0.2, 0) is 4.79 Å². The second-order valence-electron chi connectivity index (χ2n) is 6.19. The zero-order valence-corrected chi connectivity index (χ0v) is 13.8. The van der Waals surface area contributed by atoms with Gasteiger partial charge < -0.3 is 10.2 Å². The number of carbonyl (C=O) groups excluding carboxylic acids is 2. The van der Waals surface area contributed by atoms with Crippen LogP contribution in [0.4, 0.5) is 0 Å². The highest BCUT2D eigenvalue weighted by Gasteiger charge is 2.22. The lowest BCUT2D eigenvalue weighted by Gasteiger charge is -2.31. The predicted octanol–water partition coefficient (Wildman–Crippen LogP) is 2.48. The second-order valence-corrected chi connectivity index (χ2v) is 6.19. The van der Waals surface area contributed by atoms with Crippen molar-refractivity contribution in [2.45, 2.75) is 45.6 Å². The van der Waals surface area contributed by atoms with Crippen LogP contribution in [0.2, 0.25) is 0 Å². The van der Waals surface area contributed by atoms with Crippen LogP contribution in [0, 0.1) is 13.8 Å². The van der Waals surface area contributed by atoms with Crippen molar-refractivity contribution < 1.29 is 9.59 Å². The van der Waals surface area contributed by atoms with Gasteiger partial charge in [0.2, 0.25) is 5.91 Å². The van der Waals surface area contributed by atoms with Crippen molar-refractivity contribution in [2.75, 3.05) is 20.1 Å². The first-order valence-electron chi connectivity index (χ1n) is 8.06. The third-order valence-corrected chi connectivity index (χ3v) is 4.52. The average Bonchev–Trinajstić information content (AvgIpc) is 2.54. The zero-order chi connectivity index (χ0) is 16.1. The number of hydrogen-bond donors (Lipinski definition) is 1. The first-order chi connectivity index (χ1) is 10.5. The maximum atomic E-state index is 12.3. The molecule has 0 unspecified atom stereocenters. The molecule has 1 fully saturated rings. The summed E-state index contributed by atoms with van der Waals surface area (Å²) in [7, 11) is 1.96. The lowest BCUT2D eigenvalue weighted by molar-refractivity contribution is -0.132. The van der Waals surface area contributed by atoms with Gasteiger partial charge in [0.25, 0.3) is 0 Å². The second kappa shape index (κ2) is 7.54. The topological polar surface area (TPSA) is 49.4 Å². The SMILES string of the molecule is CNC1CCN(C(=O)CCC(=O)c2cc(C)ccc2C)CC1. The monoisotopic (exact) mass is 302 g/mol. The fraction of sp³-hybridized carbons (Fsp3) is 0.556. The molecular formula is C18H26N2O2. The van der Waals surface area contributed by atoms with Crippen molar-refractivity contribution >= 4 is 11.7 Å². The molecule has 1 heterocycles. The lowest BCUT2D eigenvalue weighted by Crippen LogP contribution is -2.44. The summed E-state index contributed by atoms with van der Waals surface area (Å²) in [5.74, 6) is 0.174. The summed E-state index contributed by atoms with van der Waals surface area (Å²) in [6.45, 7) is 5.51. The number of aryl methyl sites for hydroxylation is 2. The summed E-state index contributed by atoms with van der Waals surface area (Å²) in [5.41, 5.74) is 2.81. The molecule has 4 heteroatoms. The molecule has 1 aliphatic rings. The molecule has 0 aliphatic carbocycles. The van der Waals surface area contributed by atoms with Gasteiger partial charge in [-0.2, -0.15) is 0 Å². The minimum Gasteiger partial charge on any atom is -0.343 e. The molecule has 1 aliphatic heterocycles. The minimum absolute atomic E-state index is 0.0691. The minimum atomic E-state index is 0.0691. The number of rotatable bonds is 5. The number of likely N-dealkylation sites (tertiary alicyclic amines) is 1. The van der Waals surface area contributed by atoms with Crippen LogP contribution in [0.1, 0.15) is 47.2 Å². The maximum Gasteiger partial charge on any atom is 0.223 e. The third kappa shape index (κ3) is 4.17. The van der Waals surface area contributed by atoms with Gasteiger partial charge in [0.15, 0.2) is 5.78 Å². The van der Waals surface area contributed by atoms with Crippen LogP contribution in [0.3, 0.4) is 0 Å². The van der Waals surface area contributed by atoms with E-state index in [1.54, 1.807) is 0 Å². The van der Waals surface area contributed by atoms with E-state index in [0.717, 1.165) is 42.6 Å². The maximum absolute atomic E-state index is 12.3. The highest BCUT2D eigenvalue weighted by atomic mass is 16.2. The zero-order valence-electron chi connectivity index (χ0n) is 13.8. The summed E-state index contributed by atoms with van der Waals surface area (Å²) in [4.78, 5) is 26.4. The molecule has 22 heavy (non-hydrogen) atoms. The Morgan fingerprint density at radius 2 is 1.86 bits per heavy atom. The van der Waals surface area contributed by atoms with Crippen molar-refractivity contribution in [3.63, 3.8) is 0 Å². The Morgan fingerprint density at radius 1 is 1.18 bits per heavy atom. The third-order valence-electron chi connectivity index (χ3n) is 4.52. The van der Waals surface area contributed by atoms with Crippen molar-refractivity contribution in [3.8, 4) is 0 Å². The number of piperidine rings is 1. The van der Waals surface area contributed by atoms with Crippen molar-refractivity contribution in [3.05, 3.63) is 34.9 Å². The molecule has 1 amide bonds. The van der Waals surface area contributed by atoms with Gasteiger partial charge >= 0.3 is 0 Å². The molecule has 0 bridgehead atoms. The van der Waals surface area contributed by atoms with Gasteiger partial charge in [-0.3, -0.25) is 9.59 Å². The van der Waals surface area contributed by atoms with Crippen LogP contribution >= 0.6 is 0 Å². The van der Waals surface area contributed by atoms with E-state index in [1.165, 1.54) is 0 Å². The van der Waals surface area contributed by atoms with E-state index >= 15 is 0 Å². The fourth-order valence-electron chi connectivity index (χ4n) is 2.97. The molecule has 120 valence electrons. The molecule has 0 atom stereocenters. The number of ketones is 1. The summed E-state index contributed by atoms with van der Waals surface area (Å²) in [6, 6.07) is 6.40. The van der Waals surface area contributed by atoms with Crippen LogP contribution in [-0.4, -0.2) is 42.8 Å². The van der Waals surface area contributed by atoms with Gasteiger partial charge in [0, 0.05) is 37.5 Å². The molecule has 1 saturated heterocycles. The summed E-state index contributed by atoms with van der Waals surface area (Å²) in [5, 5.41) is 3.25. The van der Waals surface area contributed by atoms with E-state index in [0.29, 0.717) is 18.9 Å². The molecule has 2 rings (SSSR count). The van der Waals surface area contributed by atoms with Crippen molar-refractivity contribution in [2.24, 2.45) is 0 Å². The molecular weight excluding hydrogens is 276 g/mol. The first kappa shape index (κ1) is 16.7. The summed E-state index contributed by atoms with van der Waals surface area (Å²) < 4.78 is 0. The van der Waals surface area contributed by atoms with Gasteiger partial charge in [-0.15, -0.1) is 0 Å². The largest absolute Gasteiger partial charge is 0.343 e. The highest BCUT2D eigenvalue weighted by molar-refractivity contribution is 5.99. The van der Waals surface area contributed by atoms with Crippen molar-refractivity contribution in [1.29, 1.82) is 0 Å². The number of carbonyl (C=O) groups is 2. The summed E-state index contributed by atoms with van der Waals surface area (Å²) in [6.07, 6.45) is 2.60. The number of amides is 1. The Morgan fingerprint density at radius 3 is 2.50 bits per heavy atom. The Labute approximate surface area is 132 Å². The Hall–Kier alpha value is -1.68. The highest BCUT2D eigenvalue weighted by Crippen LogP contribution is 2.16. The van der Waals surface area contributed by atoms with Crippen molar-refractivity contribution in [1.82, 2.24) is 10.2 Å². The smallest absolute Gasteiger partial charge is 0.223 e. The molecule has 1 aromatic carbocycles. The van der Waals surface area contributed by atoms with E-state index < -0.39 is 0 Å². The first-order valence-corrected chi connectivity index (χ1v) is 8.06. The standard InChI is InChI=1S/C18H26N2O2/c1-13-4-5-14(2)16(12-13)17(21)6-7-18(22)20-10-8-15(19-3)9-11-20/h4-5,12,15,19H,6-11H2,1-3H3. The van der Waals surface area contributed by atoms with Crippen LogP contribution in [0.5, 0.6) is 0 Å². The Kier molecular flexibility index (Phi) is 5.72. The number of Topliss-reactive ketones (excluding diaryl/α,β-unsaturated/α-hetero) is 1.